The Hall–Kier alpha value is -4.35. The summed E-state index contributed by atoms with van der Waals surface area (Å²) in [6, 6.07) is 27.9. The minimum atomic E-state index is -5.21. The number of rotatable bonds is 7. The van der Waals surface area contributed by atoms with Crippen molar-refractivity contribution in [3.05, 3.63) is 109 Å². The summed E-state index contributed by atoms with van der Waals surface area (Å²) in [5.41, 5.74) is 0.944. The van der Waals surface area contributed by atoms with Gasteiger partial charge < -0.3 is 8.92 Å². The fourth-order valence-corrected chi connectivity index (χ4v) is 7.91. The van der Waals surface area contributed by atoms with E-state index in [0.29, 0.717) is 31.1 Å². The second-order valence-electron chi connectivity index (χ2n) is 8.38. The van der Waals surface area contributed by atoms with Crippen LogP contribution in [-0.4, -0.2) is 30.1 Å². The Labute approximate surface area is 232 Å². The van der Waals surface area contributed by atoms with Gasteiger partial charge >= 0.3 is 12.1 Å². The third-order valence-corrected chi connectivity index (χ3v) is 9.99. The van der Waals surface area contributed by atoms with Crippen LogP contribution in [0.3, 0.4) is 0 Å². The van der Waals surface area contributed by atoms with Crippen LogP contribution in [0.15, 0.2) is 118 Å². The van der Waals surface area contributed by atoms with Gasteiger partial charge in [-0.05, 0) is 77.0 Å². The van der Waals surface area contributed by atoms with Crippen LogP contribution in [0.1, 0.15) is 10.4 Å². The minimum Gasteiger partial charge on any atom is -0.497 e. The largest absolute Gasteiger partial charge is 0.497 e. The summed E-state index contributed by atoms with van der Waals surface area (Å²) in [6.07, 6.45) is -5.21. The lowest BCUT2D eigenvalue weighted by molar-refractivity contribution is -0.188. The molecule has 6 nitrogen and oxygen atoms in total. The number of anilines is 1. The zero-order chi connectivity index (χ0) is 28.3. The molecule has 0 bridgehead atoms. The molecule has 1 N–H and O–H groups in total. The zero-order valence-corrected chi connectivity index (χ0v) is 22.5. The number of nitrogens with one attached hydrogen (secondary N) is 1. The standard InChI is InChI=1S/C29H21F3N2O4S2/c1-37-20-14-17-24-25(18-20)39-28(33-24)34-26(35)19-12-15-23(16-13-19)40(21-8-4-2-5-9-21,22-10-6-3-7-11-22)38-27(36)29(30,31)32/h2-18H,1H3,(H,33,34,35). The van der Waals surface area contributed by atoms with Gasteiger partial charge in [-0.15, -0.1) is 0 Å². The smallest absolute Gasteiger partial charge is 0.491 e. The molecule has 204 valence electrons. The van der Waals surface area contributed by atoms with Crippen molar-refractivity contribution in [2.24, 2.45) is 0 Å². The molecule has 0 saturated carbocycles. The van der Waals surface area contributed by atoms with Gasteiger partial charge in [-0.3, -0.25) is 10.1 Å². The highest BCUT2D eigenvalue weighted by atomic mass is 32.3. The number of methoxy groups -OCH3 is 1. The first-order valence-electron chi connectivity index (χ1n) is 11.8. The van der Waals surface area contributed by atoms with Gasteiger partial charge in [0.2, 0.25) is 0 Å². The van der Waals surface area contributed by atoms with Gasteiger partial charge in [-0.2, -0.15) is 13.2 Å². The van der Waals surface area contributed by atoms with Crippen molar-refractivity contribution < 1.29 is 31.7 Å². The Morgan fingerprint density at radius 3 is 1.95 bits per heavy atom. The molecule has 40 heavy (non-hydrogen) atoms. The summed E-state index contributed by atoms with van der Waals surface area (Å²) in [5.74, 6) is -2.09. The fourth-order valence-electron chi connectivity index (χ4n) is 3.99. The highest BCUT2D eigenvalue weighted by molar-refractivity contribution is 8.30. The van der Waals surface area contributed by atoms with Crippen LogP contribution < -0.4 is 10.1 Å². The normalized spacial score (nSPS) is 12.1. The summed E-state index contributed by atoms with van der Waals surface area (Å²) < 4.78 is 52.0. The Kier molecular flexibility index (Phi) is 7.51. The van der Waals surface area contributed by atoms with Crippen LogP contribution in [0, 0.1) is 0 Å². The van der Waals surface area contributed by atoms with Gasteiger partial charge in [0.15, 0.2) is 5.13 Å². The van der Waals surface area contributed by atoms with E-state index in [9.17, 15) is 22.8 Å². The molecule has 0 fully saturated rings. The number of alkyl halides is 3. The van der Waals surface area contributed by atoms with Crippen LogP contribution in [0.5, 0.6) is 5.75 Å². The number of carbonyl (C=O) groups is 2. The zero-order valence-electron chi connectivity index (χ0n) is 20.8. The predicted molar refractivity (Wildman–Crippen MR) is 148 cm³/mol. The first-order valence-corrected chi connectivity index (χ1v) is 14.2. The molecule has 0 aliphatic rings. The molecule has 0 saturated heterocycles. The van der Waals surface area contributed by atoms with Crippen molar-refractivity contribution >= 4 is 48.9 Å². The average Bonchev–Trinajstić information content (AvgIpc) is 3.37. The maximum absolute atomic E-state index is 13.5. The molecule has 4 aromatic carbocycles. The number of hydrogen-bond donors (Lipinski definition) is 1. The van der Waals surface area contributed by atoms with Crippen molar-refractivity contribution in [3.8, 4) is 5.75 Å². The fraction of sp³-hybridized carbons (Fsp3) is 0.0690. The lowest BCUT2D eigenvalue weighted by Gasteiger charge is -2.39. The van der Waals surface area contributed by atoms with Crippen LogP contribution in [0.2, 0.25) is 0 Å². The van der Waals surface area contributed by atoms with Gasteiger partial charge in [-0.1, -0.05) is 47.7 Å². The molecular formula is C29H21F3N2O4S2. The molecule has 0 aliphatic heterocycles. The van der Waals surface area contributed by atoms with Crippen molar-refractivity contribution in [2.45, 2.75) is 20.9 Å². The number of fused-ring (bicyclic) bond motifs is 1. The van der Waals surface area contributed by atoms with Gasteiger partial charge in [0.05, 0.1) is 17.3 Å². The number of halogens is 3. The quantitative estimate of drug-likeness (QED) is 0.211. The van der Waals surface area contributed by atoms with E-state index in [1.165, 1.54) is 35.6 Å². The third kappa shape index (κ3) is 5.38. The highest BCUT2D eigenvalue weighted by Crippen LogP contribution is 2.69. The second kappa shape index (κ2) is 11.0. The van der Waals surface area contributed by atoms with Gasteiger partial charge in [0, 0.05) is 20.2 Å². The SMILES string of the molecule is COc1ccc2nc(NC(=O)c3ccc(S(OC(=O)C(F)(F)F)(c4ccccc4)c4ccccc4)cc3)sc2c1. The number of aromatic nitrogens is 1. The molecule has 0 unspecified atom stereocenters. The van der Waals surface area contributed by atoms with Crippen LogP contribution in [0.4, 0.5) is 18.3 Å². The molecule has 1 aromatic heterocycles. The van der Waals surface area contributed by atoms with Crippen molar-refractivity contribution in [1.29, 1.82) is 0 Å². The maximum atomic E-state index is 13.5. The summed E-state index contributed by atoms with van der Waals surface area (Å²) >= 11 is 1.28. The van der Waals surface area contributed by atoms with Crippen LogP contribution in [0.25, 0.3) is 10.2 Å². The molecular weight excluding hydrogens is 561 g/mol. The van der Waals surface area contributed by atoms with Gasteiger partial charge in [0.25, 0.3) is 5.91 Å². The summed E-state index contributed by atoms with van der Waals surface area (Å²) in [6.45, 7) is 0. The second-order valence-corrected chi connectivity index (χ2v) is 12.1. The van der Waals surface area contributed by atoms with Crippen LogP contribution in [-0.2, 0) is 8.98 Å². The van der Waals surface area contributed by atoms with Crippen molar-refractivity contribution in [1.82, 2.24) is 4.98 Å². The predicted octanol–water partition coefficient (Wildman–Crippen LogP) is 7.86. The summed E-state index contributed by atoms with van der Waals surface area (Å²) in [4.78, 5) is 30.8. The molecule has 5 rings (SSSR count). The topological polar surface area (TPSA) is 77.5 Å². The van der Waals surface area contributed by atoms with E-state index >= 15 is 0 Å². The monoisotopic (exact) mass is 582 g/mol. The molecule has 0 atom stereocenters. The maximum Gasteiger partial charge on any atom is 0.491 e. The summed E-state index contributed by atoms with van der Waals surface area (Å²) in [5, 5.41) is 3.14. The number of thiazole rings is 1. The van der Waals surface area contributed by atoms with Crippen molar-refractivity contribution in [2.75, 3.05) is 12.4 Å². The average molecular weight is 583 g/mol. The van der Waals surface area contributed by atoms with E-state index in [1.807, 2.05) is 6.07 Å². The van der Waals surface area contributed by atoms with Crippen molar-refractivity contribution in [3.63, 3.8) is 0 Å². The molecule has 0 aliphatic carbocycles. The number of benzene rings is 4. The number of carbonyl (C=O) groups excluding carboxylic acids is 2. The molecule has 5 aromatic rings. The van der Waals surface area contributed by atoms with Gasteiger partial charge in [-0.25, -0.2) is 9.78 Å². The first kappa shape index (κ1) is 27.2. The minimum absolute atomic E-state index is 0.247. The van der Waals surface area contributed by atoms with E-state index in [-0.39, 0.29) is 5.56 Å². The van der Waals surface area contributed by atoms with Gasteiger partial charge in [0.1, 0.15) is 5.75 Å². The molecule has 1 heterocycles. The lowest BCUT2D eigenvalue weighted by Crippen LogP contribution is -2.27. The number of hydrogen-bond acceptors (Lipinski definition) is 6. The molecule has 11 heteroatoms. The molecule has 0 spiro atoms. The number of nitrogens with zero attached hydrogens (tertiary/aromatic N) is 1. The van der Waals surface area contributed by atoms with E-state index in [0.717, 1.165) is 4.70 Å². The Balaban J connectivity index is 1.53. The Morgan fingerprint density at radius 2 is 1.40 bits per heavy atom. The molecule has 1 amide bonds. The summed E-state index contributed by atoms with van der Waals surface area (Å²) in [7, 11) is -1.60. The number of amides is 1. The Morgan fingerprint density at radius 1 is 0.825 bits per heavy atom. The van der Waals surface area contributed by atoms with E-state index in [4.69, 9.17) is 8.92 Å². The highest BCUT2D eigenvalue weighted by Gasteiger charge is 2.47. The third-order valence-electron chi connectivity index (χ3n) is 5.85. The van der Waals surface area contributed by atoms with E-state index in [2.05, 4.69) is 10.3 Å². The number of ether oxygens (including phenoxy) is 1. The van der Waals surface area contributed by atoms with Crippen LogP contribution >= 0.6 is 21.6 Å². The molecule has 0 radical (unpaired) electrons. The lowest BCUT2D eigenvalue weighted by atomic mass is 10.2. The first-order chi connectivity index (χ1) is 19.2. The Bertz CT molecular complexity index is 1620. The van der Waals surface area contributed by atoms with E-state index < -0.39 is 28.4 Å². The van der Waals surface area contributed by atoms with E-state index in [1.54, 1.807) is 79.9 Å².